The fourth-order valence-electron chi connectivity index (χ4n) is 2.95. The molecule has 1 aliphatic heterocycles. The number of amides is 1. The third-order valence-electron chi connectivity index (χ3n) is 4.38. The first-order chi connectivity index (χ1) is 11.0. The van der Waals surface area contributed by atoms with E-state index >= 15 is 0 Å². The highest BCUT2D eigenvalue weighted by Gasteiger charge is 2.22. The van der Waals surface area contributed by atoms with Gasteiger partial charge in [-0.25, -0.2) is 0 Å². The molecule has 1 fully saturated rings. The molecule has 2 N–H and O–H groups in total. The third kappa shape index (κ3) is 5.22. The number of carbonyl (C=O) groups excluding carboxylic acids is 1. The smallest absolute Gasteiger partial charge is 0.234 e. The van der Waals surface area contributed by atoms with Gasteiger partial charge >= 0.3 is 0 Å². The monoisotopic (exact) mass is 320 g/mol. The summed E-state index contributed by atoms with van der Waals surface area (Å²) in [5.74, 6) is 1.15. The standard InChI is InChI=1S/C18H28N2O3/c1-13(2)18(14-4-6-16(23-3)7-5-14)19-17(22)12-20-10-8-15(21)9-11-20/h4-7,13,15,18,21H,8-12H2,1-3H3,(H,19,22)/t18-/m0/s1. The van der Waals surface area contributed by atoms with Gasteiger partial charge in [0.15, 0.2) is 0 Å². The Morgan fingerprint density at radius 2 is 1.91 bits per heavy atom. The zero-order valence-electron chi connectivity index (χ0n) is 14.3. The highest BCUT2D eigenvalue weighted by Crippen LogP contribution is 2.24. The zero-order chi connectivity index (χ0) is 16.8. The molecule has 2 rings (SSSR count). The Labute approximate surface area is 138 Å². The number of aliphatic hydroxyl groups excluding tert-OH is 1. The van der Waals surface area contributed by atoms with Crippen LogP contribution < -0.4 is 10.1 Å². The van der Waals surface area contributed by atoms with Crippen molar-refractivity contribution in [1.82, 2.24) is 10.2 Å². The summed E-state index contributed by atoms with van der Waals surface area (Å²) in [7, 11) is 1.65. The van der Waals surface area contributed by atoms with Crippen LogP contribution in [0.4, 0.5) is 0 Å². The molecule has 0 saturated carbocycles. The molecule has 1 atom stereocenters. The van der Waals surface area contributed by atoms with E-state index in [-0.39, 0.29) is 18.1 Å². The summed E-state index contributed by atoms with van der Waals surface area (Å²) in [5, 5.41) is 12.7. The Balaban J connectivity index is 1.94. The van der Waals surface area contributed by atoms with Crippen LogP contribution in [0.15, 0.2) is 24.3 Å². The Hall–Kier alpha value is -1.59. The molecule has 23 heavy (non-hydrogen) atoms. The minimum Gasteiger partial charge on any atom is -0.497 e. The van der Waals surface area contributed by atoms with Crippen molar-refractivity contribution in [3.05, 3.63) is 29.8 Å². The van der Waals surface area contributed by atoms with Crippen LogP contribution >= 0.6 is 0 Å². The van der Waals surface area contributed by atoms with Crippen LogP contribution in [0.1, 0.15) is 38.3 Å². The largest absolute Gasteiger partial charge is 0.497 e. The van der Waals surface area contributed by atoms with E-state index < -0.39 is 0 Å². The summed E-state index contributed by atoms with van der Waals surface area (Å²) >= 11 is 0. The van der Waals surface area contributed by atoms with E-state index in [0.29, 0.717) is 12.5 Å². The normalized spacial score (nSPS) is 18.0. The first-order valence-electron chi connectivity index (χ1n) is 8.33. The van der Waals surface area contributed by atoms with Crippen molar-refractivity contribution in [1.29, 1.82) is 0 Å². The van der Waals surface area contributed by atoms with Gasteiger partial charge in [0.1, 0.15) is 5.75 Å². The number of aliphatic hydroxyl groups is 1. The maximum absolute atomic E-state index is 12.4. The first-order valence-corrected chi connectivity index (χ1v) is 8.33. The molecule has 1 heterocycles. The summed E-state index contributed by atoms with van der Waals surface area (Å²) in [6.45, 7) is 6.16. The summed E-state index contributed by atoms with van der Waals surface area (Å²) in [6.07, 6.45) is 1.29. The van der Waals surface area contributed by atoms with Gasteiger partial charge in [0.2, 0.25) is 5.91 Å². The molecule has 5 nitrogen and oxygen atoms in total. The average Bonchev–Trinajstić information content (AvgIpc) is 2.55. The van der Waals surface area contributed by atoms with Crippen molar-refractivity contribution >= 4 is 5.91 Å². The SMILES string of the molecule is COc1ccc([C@@H](NC(=O)CN2CCC(O)CC2)C(C)C)cc1. The van der Waals surface area contributed by atoms with Gasteiger partial charge in [0, 0.05) is 13.1 Å². The minimum absolute atomic E-state index is 0.0104. The van der Waals surface area contributed by atoms with E-state index in [9.17, 15) is 9.90 Å². The molecular formula is C18H28N2O3. The molecule has 1 amide bonds. The predicted octanol–water partition coefficient (Wildman–Crippen LogP) is 1.97. The van der Waals surface area contributed by atoms with E-state index in [2.05, 4.69) is 24.1 Å². The van der Waals surface area contributed by atoms with Crippen LogP contribution in [0.5, 0.6) is 5.75 Å². The second kappa shape index (κ2) is 8.31. The summed E-state index contributed by atoms with van der Waals surface area (Å²) < 4.78 is 5.19. The molecular weight excluding hydrogens is 292 g/mol. The third-order valence-corrected chi connectivity index (χ3v) is 4.38. The molecule has 1 aliphatic rings. The molecule has 1 saturated heterocycles. The lowest BCUT2D eigenvalue weighted by Crippen LogP contribution is -2.44. The van der Waals surface area contributed by atoms with Crippen LogP contribution in [0.2, 0.25) is 0 Å². The van der Waals surface area contributed by atoms with Crippen molar-refractivity contribution in [3.8, 4) is 5.75 Å². The number of ether oxygens (including phenoxy) is 1. The Morgan fingerprint density at radius 1 is 1.30 bits per heavy atom. The van der Waals surface area contributed by atoms with Gasteiger partial charge in [0.05, 0.1) is 25.8 Å². The highest BCUT2D eigenvalue weighted by molar-refractivity contribution is 5.78. The molecule has 0 aromatic heterocycles. The molecule has 0 spiro atoms. The van der Waals surface area contributed by atoms with Crippen molar-refractivity contribution in [2.24, 2.45) is 5.92 Å². The van der Waals surface area contributed by atoms with Crippen molar-refractivity contribution in [2.75, 3.05) is 26.7 Å². The summed E-state index contributed by atoms with van der Waals surface area (Å²) in [6, 6.07) is 7.83. The van der Waals surface area contributed by atoms with Crippen LogP contribution in [-0.2, 0) is 4.79 Å². The van der Waals surface area contributed by atoms with Gasteiger partial charge in [-0.2, -0.15) is 0 Å². The van der Waals surface area contributed by atoms with E-state index in [1.807, 2.05) is 24.3 Å². The van der Waals surface area contributed by atoms with Crippen molar-refractivity contribution < 1.29 is 14.6 Å². The fraction of sp³-hybridized carbons (Fsp3) is 0.611. The molecule has 128 valence electrons. The second-order valence-corrected chi connectivity index (χ2v) is 6.57. The molecule has 0 radical (unpaired) electrons. The number of nitrogens with one attached hydrogen (secondary N) is 1. The van der Waals surface area contributed by atoms with Gasteiger partial charge in [0.25, 0.3) is 0 Å². The van der Waals surface area contributed by atoms with Gasteiger partial charge < -0.3 is 15.2 Å². The van der Waals surface area contributed by atoms with Crippen LogP contribution in [0.3, 0.4) is 0 Å². The predicted molar refractivity (Wildman–Crippen MR) is 90.4 cm³/mol. The van der Waals surface area contributed by atoms with Crippen LogP contribution in [0.25, 0.3) is 0 Å². The molecule has 1 aromatic carbocycles. The van der Waals surface area contributed by atoms with E-state index in [1.54, 1.807) is 7.11 Å². The quantitative estimate of drug-likeness (QED) is 0.841. The van der Waals surface area contributed by atoms with E-state index in [0.717, 1.165) is 37.2 Å². The molecule has 5 heteroatoms. The number of hydrogen-bond donors (Lipinski definition) is 2. The van der Waals surface area contributed by atoms with Gasteiger partial charge in [-0.05, 0) is 36.5 Å². The van der Waals surface area contributed by atoms with Crippen molar-refractivity contribution in [3.63, 3.8) is 0 Å². The van der Waals surface area contributed by atoms with Crippen LogP contribution in [0, 0.1) is 5.92 Å². The molecule has 0 bridgehead atoms. The lowest BCUT2D eigenvalue weighted by molar-refractivity contribution is -0.123. The van der Waals surface area contributed by atoms with Gasteiger partial charge in [-0.15, -0.1) is 0 Å². The number of carbonyl (C=O) groups is 1. The van der Waals surface area contributed by atoms with E-state index in [4.69, 9.17) is 4.74 Å². The van der Waals surface area contributed by atoms with Crippen molar-refractivity contribution in [2.45, 2.75) is 38.8 Å². The highest BCUT2D eigenvalue weighted by atomic mass is 16.5. The lowest BCUT2D eigenvalue weighted by Gasteiger charge is -2.30. The number of benzene rings is 1. The maximum atomic E-state index is 12.4. The van der Waals surface area contributed by atoms with E-state index in [1.165, 1.54) is 0 Å². The summed E-state index contributed by atoms with van der Waals surface area (Å²) in [5.41, 5.74) is 1.09. The topological polar surface area (TPSA) is 61.8 Å². The van der Waals surface area contributed by atoms with Gasteiger partial charge in [-0.3, -0.25) is 9.69 Å². The van der Waals surface area contributed by atoms with Crippen LogP contribution in [-0.4, -0.2) is 48.8 Å². The minimum atomic E-state index is -0.211. The molecule has 0 aliphatic carbocycles. The lowest BCUT2D eigenvalue weighted by atomic mass is 9.96. The zero-order valence-corrected chi connectivity index (χ0v) is 14.3. The number of rotatable bonds is 6. The second-order valence-electron chi connectivity index (χ2n) is 6.57. The number of hydrogen-bond acceptors (Lipinski definition) is 4. The fourth-order valence-corrected chi connectivity index (χ4v) is 2.95. The number of methoxy groups -OCH3 is 1. The number of piperidine rings is 1. The maximum Gasteiger partial charge on any atom is 0.234 e. The molecule has 1 aromatic rings. The Kier molecular flexibility index (Phi) is 6.42. The molecule has 0 unspecified atom stereocenters. The Bertz CT molecular complexity index is 493. The first kappa shape index (κ1) is 17.8. The number of nitrogens with zero attached hydrogens (tertiary/aromatic N) is 1. The summed E-state index contributed by atoms with van der Waals surface area (Å²) in [4.78, 5) is 14.5. The average molecular weight is 320 g/mol. The van der Waals surface area contributed by atoms with Gasteiger partial charge in [-0.1, -0.05) is 26.0 Å². The number of likely N-dealkylation sites (tertiary alicyclic amines) is 1. The Morgan fingerprint density at radius 3 is 2.43 bits per heavy atom.